The van der Waals surface area contributed by atoms with Gasteiger partial charge in [0.25, 0.3) is 0 Å². The molecule has 120 valence electrons. The lowest BCUT2D eigenvalue weighted by atomic mass is 10.1. The van der Waals surface area contributed by atoms with Gasteiger partial charge in [-0.25, -0.2) is 13.1 Å². The maximum atomic E-state index is 12.2. The van der Waals surface area contributed by atoms with Gasteiger partial charge < -0.3 is 15.0 Å². The van der Waals surface area contributed by atoms with E-state index in [4.69, 9.17) is 4.74 Å². The van der Waals surface area contributed by atoms with E-state index in [9.17, 15) is 8.42 Å². The standard InChI is InChI=1S/C14H25N3O3S/c1-2-6-15-9-12-8-14(11-16-12)21(18,19)17-10-13-5-3-4-7-20-13/h8,11,13,15-17H,2-7,9-10H2,1H3. The molecule has 1 aliphatic rings. The van der Waals surface area contributed by atoms with Crippen molar-refractivity contribution in [2.45, 2.75) is 50.2 Å². The Morgan fingerprint density at radius 3 is 3.00 bits per heavy atom. The Balaban J connectivity index is 1.86. The van der Waals surface area contributed by atoms with E-state index in [1.165, 1.54) is 6.20 Å². The molecule has 0 aliphatic carbocycles. The highest BCUT2D eigenvalue weighted by molar-refractivity contribution is 7.89. The summed E-state index contributed by atoms with van der Waals surface area (Å²) < 4.78 is 32.6. The molecule has 1 aromatic rings. The van der Waals surface area contributed by atoms with Gasteiger partial charge in [0.15, 0.2) is 0 Å². The van der Waals surface area contributed by atoms with E-state index in [-0.39, 0.29) is 11.0 Å². The molecular weight excluding hydrogens is 290 g/mol. The summed E-state index contributed by atoms with van der Waals surface area (Å²) in [6, 6.07) is 1.67. The van der Waals surface area contributed by atoms with Crippen LogP contribution in [-0.4, -0.2) is 39.2 Å². The van der Waals surface area contributed by atoms with Crippen molar-refractivity contribution in [1.82, 2.24) is 15.0 Å². The van der Waals surface area contributed by atoms with Crippen LogP contribution in [0.3, 0.4) is 0 Å². The summed E-state index contributed by atoms with van der Waals surface area (Å²) in [6.07, 6.45) is 5.67. The number of aromatic amines is 1. The van der Waals surface area contributed by atoms with Crippen molar-refractivity contribution in [2.24, 2.45) is 0 Å². The Labute approximate surface area is 126 Å². The van der Waals surface area contributed by atoms with E-state index in [1.54, 1.807) is 6.07 Å². The average molecular weight is 315 g/mol. The van der Waals surface area contributed by atoms with Crippen LogP contribution in [0.25, 0.3) is 0 Å². The normalized spacial score (nSPS) is 19.8. The van der Waals surface area contributed by atoms with Gasteiger partial charge in [-0.15, -0.1) is 0 Å². The number of hydrogen-bond acceptors (Lipinski definition) is 4. The van der Waals surface area contributed by atoms with Gasteiger partial charge in [-0.3, -0.25) is 0 Å². The first-order chi connectivity index (χ1) is 10.1. The fraction of sp³-hybridized carbons (Fsp3) is 0.714. The number of hydrogen-bond donors (Lipinski definition) is 3. The Bertz CT molecular complexity index is 521. The predicted molar refractivity (Wildman–Crippen MR) is 81.6 cm³/mol. The molecule has 1 fully saturated rings. The second kappa shape index (κ2) is 7.93. The topological polar surface area (TPSA) is 83.2 Å². The third-order valence-electron chi connectivity index (χ3n) is 3.54. The summed E-state index contributed by atoms with van der Waals surface area (Å²) in [6.45, 7) is 4.73. The minimum Gasteiger partial charge on any atom is -0.377 e. The number of H-pyrrole nitrogens is 1. The van der Waals surface area contributed by atoms with E-state index in [0.29, 0.717) is 13.1 Å². The minimum absolute atomic E-state index is 0.00171. The minimum atomic E-state index is -3.46. The lowest BCUT2D eigenvalue weighted by Gasteiger charge is -2.22. The summed E-state index contributed by atoms with van der Waals surface area (Å²) in [5.74, 6) is 0. The summed E-state index contributed by atoms with van der Waals surface area (Å²) in [7, 11) is -3.46. The second-order valence-corrected chi connectivity index (χ2v) is 7.14. The molecular formula is C14H25N3O3S. The molecule has 0 bridgehead atoms. The first-order valence-electron chi connectivity index (χ1n) is 7.61. The summed E-state index contributed by atoms with van der Waals surface area (Å²) in [4.78, 5) is 3.28. The Morgan fingerprint density at radius 1 is 1.43 bits per heavy atom. The van der Waals surface area contributed by atoms with Gasteiger partial charge in [0.2, 0.25) is 10.0 Å². The highest BCUT2D eigenvalue weighted by Gasteiger charge is 2.20. The van der Waals surface area contributed by atoms with Gasteiger partial charge >= 0.3 is 0 Å². The molecule has 6 nitrogen and oxygen atoms in total. The molecule has 2 rings (SSSR count). The molecule has 21 heavy (non-hydrogen) atoms. The zero-order valence-electron chi connectivity index (χ0n) is 12.5. The molecule has 0 amide bonds. The van der Waals surface area contributed by atoms with Crippen LogP contribution < -0.4 is 10.0 Å². The molecule has 1 unspecified atom stereocenters. The highest BCUT2D eigenvalue weighted by Crippen LogP contribution is 2.14. The SMILES string of the molecule is CCCNCc1cc(S(=O)(=O)NCC2CCCCO2)c[nH]1. The van der Waals surface area contributed by atoms with Gasteiger partial charge in [0.1, 0.15) is 0 Å². The number of rotatable bonds is 8. The number of sulfonamides is 1. The number of nitrogens with one attached hydrogen (secondary N) is 3. The van der Waals surface area contributed by atoms with Crippen LogP contribution in [0, 0.1) is 0 Å². The third kappa shape index (κ3) is 5.10. The van der Waals surface area contributed by atoms with Crippen LogP contribution in [0.2, 0.25) is 0 Å². The fourth-order valence-electron chi connectivity index (χ4n) is 2.33. The molecule has 0 aromatic carbocycles. The van der Waals surface area contributed by atoms with Crippen molar-refractivity contribution in [3.8, 4) is 0 Å². The Morgan fingerprint density at radius 2 is 2.29 bits per heavy atom. The molecule has 0 radical (unpaired) electrons. The molecule has 1 saturated heterocycles. The van der Waals surface area contributed by atoms with Crippen LogP contribution in [-0.2, 0) is 21.3 Å². The van der Waals surface area contributed by atoms with E-state index >= 15 is 0 Å². The zero-order valence-corrected chi connectivity index (χ0v) is 13.3. The van der Waals surface area contributed by atoms with Gasteiger partial charge in [0.05, 0.1) is 11.0 Å². The highest BCUT2D eigenvalue weighted by atomic mass is 32.2. The lowest BCUT2D eigenvalue weighted by molar-refractivity contribution is 0.0200. The summed E-state index contributed by atoms with van der Waals surface area (Å²) >= 11 is 0. The van der Waals surface area contributed by atoms with E-state index in [1.807, 2.05) is 0 Å². The van der Waals surface area contributed by atoms with Gasteiger partial charge in [-0.2, -0.15) is 0 Å². The smallest absolute Gasteiger partial charge is 0.242 e. The van der Waals surface area contributed by atoms with E-state index in [0.717, 1.165) is 44.5 Å². The van der Waals surface area contributed by atoms with E-state index in [2.05, 4.69) is 21.9 Å². The first-order valence-corrected chi connectivity index (χ1v) is 9.09. The van der Waals surface area contributed by atoms with Gasteiger partial charge in [-0.05, 0) is 38.3 Å². The van der Waals surface area contributed by atoms with Crippen molar-refractivity contribution >= 4 is 10.0 Å². The van der Waals surface area contributed by atoms with Crippen LogP contribution >= 0.6 is 0 Å². The number of aromatic nitrogens is 1. The van der Waals surface area contributed by atoms with Crippen molar-refractivity contribution in [1.29, 1.82) is 0 Å². The molecule has 2 heterocycles. The Kier molecular flexibility index (Phi) is 6.22. The molecule has 3 N–H and O–H groups in total. The summed E-state index contributed by atoms with van der Waals surface area (Å²) in [5.41, 5.74) is 0.873. The maximum Gasteiger partial charge on any atom is 0.242 e. The van der Waals surface area contributed by atoms with Crippen molar-refractivity contribution < 1.29 is 13.2 Å². The van der Waals surface area contributed by atoms with Crippen molar-refractivity contribution in [2.75, 3.05) is 19.7 Å². The zero-order chi connectivity index (χ0) is 15.1. The predicted octanol–water partition coefficient (Wildman–Crippen LogP) is 1.36. The summed E-state index contributed by atoms with van der Waals surface area (Å²) in [5, 5.41) is 3.23. The number of ether oxygens (including phenoxy) is 1. The fourth-order valence-corrected chi connectivity index (χ4v) is 3.41. The van der Waals surface area contributed by atoms with E-state index < -0.39 is 10.0 Å². The average Bonchev–Trinajstić information content (AvgIpc) is 2.96. The van der Waals surface area contributed by atoms with Crippen LogP contribution in [0.1, 0.15) is 38.3 Å². The van der Waals surface area contributed by atoms with Crippen LogP contribution in [0.5, 0.6) is 0 Å². The van der Waals surface area contributed by atoms with Gasteiger partial charge in [-0.1, -0.05) is 6.92 Å². The van der Waals surface area contributed by atoms with Gasteiger partial charge in [0, 0.05) is 31.6 Å². The lowest BCUT2D eigenvalue weighted by Crippen LogP contribution is -2.35. The van der Waals surface area contributed by atoms with Crippen molar-refractivity contribution in [3.63, 3.8) is 0 Å². The molecule has 1 aromatic heterocycles. The Hall–Kier alpha value is -0.890. The molecule has 7 heteroatoms. The molecule has 1 atom stereocenters. The van der Waals surface area contributed by atoms with Crippen LogP contribution in [0.4, 0.5) is 0 Å². The largest absolute Gasteiger partial charge is 0.377 e. The second-order valence-electron chi connectivity index (χ2n) is 5.38. The molecule has 0 saturated carbocycles. The monoisotopic (exact) mass is 315 g/mol. The third-order valence-corrected chi connectivity index (χ3v) is 4.95. The van der Waals surface area contributed by atoms with Crippen LogP contribution in [0.15, 0.2) is 17.2 Å². The maximum absolute atomic E-state index is 12.2. The molecule has 0 spiro atoms. The quantitative estimate of drug-likeness (QED) is 0.633. The van der Waals surface area contributed by atoms with Crippen molar-refractivity contribution in [3.05, 3.63) is 18.0 Å². The molecule has 1 aliphatic heterocycles. The first kappa shape index (κ1) is 16.5.